The lowest BCUT2D eigenvalue weighted by Gasteiger charge is -2.31. The van der Waals surface area contributed by atoms with Crippen LogP contribution >= 0.6 is 11.6 Å². The first-order valence-corrected chi connectivity index (χ1v) is 9.33. The molecule has 0 radical (unpaired) electrons. The van der Waals surface area contributed by atoms with Crippen LogP contribution in [0.25, 0.3) is 0 Å². The molecule has 0 aliphatic carbocycles. The Morgan fingerprint density at radius 2 is 1.93 bits per heavy atom. The first kappa shape index (κ1) is 19.3. The summed E-state index contributed by atoms with van der Waals surface area (Å²) in [6, 6.07) is 7.02. The van der Waals surface area contributed by atoms with Crippen molar-refractivity contribution in [1.82, 2.24) is 10.2 Å². The van der Waals surface area contributed by atoms with Crippen LogP contribution in [0.4, 0.5) is 0 Å². The number of carbonyl (C=O) groups excluding carboxylic acids is 2. The van der Waals surface area contributed by atoms with E-state index in [0.29, 0.717) is 42.5 Å². The maximum atomic E-state index is 12.3. The molecular formula is C20H23ClN2O4. The van der Waals surface area contributed by atoms with Crippen LogP contribution in [0, 0.1) is 13.8 Å². The van der Waals surface area contributed by atoms with Crippen molar-refractivity contribution < 1.29 is 18.7 Å². The van der Waals surface area contributed by atoms with Gasteiger partial charge in [-0.2, -0.15) is 0 Å². The third-order valence-corrected chi connectivity index (χ3v) is 4.87. The highest BCUT2D eigenvalue weighted by atomic mass is 35.5. The first-order valence-electron chi connectivity index (χ1n) is 8.95. The molecule has 2 heterocycles. The van der Waals surface area contributed by atoms with Gasteiger partial charge in [-0.05, 0) is 62.1 Å². The quantitative estimate of drug-likeness (QED) is 0.849. The number of piperidine rings is 1. The normalized spacial score (nSPS) is 14.9. The molecule has 1 saturated heterocycles. The summed E-state index contributed by atoms with van der Waals surface area (Å²) in [5.74, 6) is 0.759. The molecule has 0 spiro atoms. The highest BCUT2D eigenvalue weighted by Crippen LogP contribution is 2.27. The van der Waals surface area contributed by atoms with Crippen LogP contribution in [0.1, 0.15) is 34.5 Å². The predicted octanol–water partition coefficient (Wildman–Crippen LogP) is 3.35. The van der Waals surface area contributed by atoms with Gasteiger partial charge >= 0.3 is 0 Å². The predicted molar refractivity (Wildman–Crippen MR) is 102 cm³/mol. The third-order valence-electron chi connectivity index (χ3n) is 4.65. The summed E-state index contributed by atoms with van der Waals surface area (Å²) in [5.41, 5.74) is 1.80. The average Bonchev–Trinajstić information content (AvgIpc) is 3.15. The van der Waals surface area contributed by atoms with Crippen molar-refractivity contribution in [3.63, 3.8) is 0 Å². The number of furan rings is 1. The molecule has 1 aromatic heterocycles. The van der Waals surface area contributed by atoms with Gasteiger partial charge in [-0.1, -0.05) is 11.6 Å². The molecule has 3 rings (SSSR count). The minimum absolute atomic E-state index is 0.0363. The van der Waals surface area contributed by atoms with Crippen LogP contribution in [0.2, 0.25) is 5.02 Å². The van der Waals surface area contributed by atoms with Gasteiger partial charge in [-0.3, -0.25) is 9.59 Å². The highest BCUT2D eigenvalue weighted by Gasteiger charge is 2.25. The number of hydrogen-bond acceptors (Lipinski definition) is 4. The summed E-state index contributed by atoms with van der Waals surface area (Å²) in [6.45, 7) is 4.92. The molecule has 2 aromatic rings. The Labute approximate surface area is 163 Å². The summed E-state index contributed by atoms with van der Waals surface area (Å²) in [4.78, 5) is 26.2. The molecule has 0 saturated carbocycles. The van der Waals surface area contributed by atoms with E-state index in [1.54, 1.807) is 17.0 Å². The molecule has 144 valence electrons. The average molecular weight is 391 g/mol. The summed E-state index contributed by atoms with van der Waals surface area (Å²) >= 11 is 6.01. The van der Waals surface area contributed by atoms with E-state index in [9.17, 15) is 9.59 Å². The van der Waals surface area contributed by atoms with E-state index in [2.05, 4.69) is 5.32 Å². The zero-order chi connectivity index (χ0) is 19.4. The maximum Gasteiger partial charge on any atom is 0.289 e. The van der Waals surface area contributed by atoms with Gasteiger partial charge in [0.25, 0.3) is 11.8 Å². The molecule has 7 heteroatoms. The van der Waals surface area contributed by atoms with E-state index < -0.39 is 0 Å². The molecule has 1 aliphatic rings. The highest BCUT2D eigenvalue weighted by molar-refractivity contribution is 6.30. The van der Waals surface area contributed by atoms with E-state index in [-0.39, 0.29) is 24.5 Å². The molecule has 0 atom stereocenters. The Hall–Kier alpha value is -2.47. The molecule has 27 heavy (non-hydrogen) atoms. The van der Waals surface area contributed by atoms with Gasteiger partial charge < -0.3 is 19.4 Å². The van der Waals surface area contributed by atoms with Crippen LogP contribution in [0.3, 0.4) is 0 Å². The topological polar surface area (TPSA) is 71.8 Å². The molecule has 6 nitrogen and oxygen atoms in total. The molecule has 1 aliphatic heterocycles. The second kappa shape index (κ2) is 8.48. The zero-order valence-corrected chi connectivity index (χ0v) is 16.2. The largest absolute Gasteiger partial charge is 0.483 e. The van der Waals surface area contributed by atoms with Crippen molar-refractivity contribution in [2.24, 2.45) is 0 Å². The van der Waals surface area contributed by atoms with Gasteiger partial charge in [-0.25, -0.2) is 0 Å². The fourth-order valence-electron chi connectivity index (χ4n) is 3.32. The minimum Gasteiger partial charge on any atom is -0.483 e. The van der Waals surface area contributed by atoms with E-state index in [1.165, 1.54) is 6.26 Å². The van der Waals surface area contributed by atoms with Crippen molar-refractivity contribution in [3.05, 3.63) is 52.4 Å². The summed E-state index contributed by atoms with van der Waals surface area (Å²) in [6.07, 6.45) is 2.90. The number of halogens is 1. The smallest absolute Gasteiger partial charge is 0.289 e. The number of aryl methyl sites for hydroxylation is 2. The first-order chi connectivity index (χ1) is 12.9. The van der Waals surface area contributed by atoms with Crippen molar-refractivity contribution in [1.29, 1.82) is 0 Å². The summed E-state index contributed by atoms with van der Waals surface area (Å²) < 4.78 is 10.8. The standard InChI is InChI=1S/C20H23ClN2O4/c1-13-10-15(21)11-14(2)19(13)27-12-18(24)22-16-5-7-23(8-6-16)20(25)17-4-3-9-26-17/h3-4,9-11,16H,5-8,12H2,1-2H3,(H,22,24). The molecular weight excluding hydrogens is 368 g/mol. The van der Waals surface area contributed by atoms with E-state index in [0.717, 1.165) is 11.1 Å². The molecule has 0 bridgehead atoms. The van der Waals surface area contributed by atoms with Crippen LogP contribution in [0.15, 0.2) is 34.9 Å². The van der Waals surface area contributed by atoms with E-state index >= 15 is 0 Å². The van der Waals surface area contributed by atoms with Crippen molar-refractivity contribution >= 4 is 23.4 Å². The van der Waals surface area contributed by atoms with Crippen LogP contribution in [-0.2, 0) is 4.79 Å². The molecule has 1 aromatic carbocycles. The number of rotatable bonds is 5. The number of nitrogens with zero attached hydrogens (tertiary/aromatic N) is 1. The number of amides is 2. The third kappa shape index (κ3) is 4.83. The lowest BCUT2D eigenvalue weighted by Crippen LogP contribution is -2.47. The molecule has 1 N–H and O–H groups in total. The fourth-order valence-corrected chi connectivity index (χ4v) is 3.64. The lowest BCUT2D eigenvalue weighted by molar-refractivity contribution is -0.124. The monoisotopic (exact) mass is 390 g/mol. The number of carbonyl (C=O) groups is 2. The van der Waals surface area contributed by atoms with Crippen LogP contribution in [-0.4, -0.2) is 42.5 Å². The van der Waals surface area contributed by atoms with Gasteiger partial charge in [0.05, 0.1) is 6.26 Å². The number of ether oxygens (including phenoxy) is 1. The Kier molecular flexibility index (Phi) is 6.06. The Morgan fingerprint density at radius 1 is 1.26 bits per heavy atom. The molecule has 2 amide bonds. The summed E-state index contributed by atoms with van der Waals surface area (Å²) in [7, 11) is 0. The van der Waals surface area contributed by atoms with Gasteiger partial charge in [0.2, 0.25) is 0 Å². The minimum atomic E-state index is -0.167. The van der Waals surface area contributed by atoms with Crippen molar-refractivity contribution in [2.75, 3.05) is 19.7 Å². The molecule has 1 fully saturated rings. The van der Waals surface area contributed by atoms with Crippen molar-refractivity contribution in [3.8, 4) is 5.75 Å². The Morgan fingerprint density at radius 3 is 2.52 bits per heavy atom. The van der Waals surface area contributed by atoms with Gasteiger partial charge in [0.15, 0.2) is 12.4 Å². The van der Waals surface area contributed by atoms with E-state index in [1.807, 2.05) is 26.0 Å². The summed E-state index contributed by atoms with van der Waals surface area (Å²) in [5, 5.41) is 3.63. The zero-order valence-electron chi connectivity index (χ0n) is 15.5. The van der Waals surface area contributed by atoms with Gasteiger partial charge in [-0.15, -0.1) is 0 Å². The van der Waals surface area contributed by atoms with Gasteiger partial charge in [0, 0.05) is 24.2 Å². The SMILES string of the molecule is Cc1cc(Cl)cc(C)c1OCC(=O)NC1CCN(C(=O)c2ccco2)CC1. The number of benzene rings is 1. The number of likely N-dealkylation sites (tertiary alicyclic amines) is 1. The van der Waals surface area contributed by atoms with Crippen LogP contribution in [0.5, 0.6) is 5.75 Å². The lowest BCUT2D eigenvalue weighted by atomic mass is 10.0. The van der Waals surface area contributed by atoms with Gasteiger partial charge in [0.1, 0.15) is 5.75 Å². The number of hydrogen-bond donors (Lipinski definition) is 1. The molecule has 0 unspecified atom stereocenters. The fraction of sp³-hybridized carbons (Fsp3) is 0.400. The Bertz CT molecular complexity index is 788. The van der Waals surface area contributed by atoms with Crippen LogP contribution < -0.4 is 10.1 Å². The number of nitrogens with one attached hydrogen (secondary N) is 1. The second-order valence-electron chi connectivity index (χ2n) is 6.77. The maximum absolute atomic E-state index is 12.3. The Balaban J connectivity index is 1.45. The van der Waals surface area contributed by atoms with Crippen molar-refractivity contribution in [2.45, 2.75) is 32.7 Å². The van der Waals surface area contributed by atoms with E-state index in [4.69, 9.17) is 20.8 Å². The second-order valence-corrected chi connectivity index (χ2v) is 7.21.